The molecule has 1 heterocycles. The molecule has 1 saturated heterocycles. The zero-order chi connectivity index (χ0) is 17.1. The lowest BCUT2D eigenvalue weighted by atomic mass is 9.78. The molecule has 24 heavy (non-hydrogen) atoms. The SMILES string of the molecule is COCC1(C(=O)NCCCCOCc2ccccc2)CCNCC1. The first kappa shape index (κ1) is 18.9. The number of carbonyl (C=O) groups excluding carboxylic acids is 1. The maximum absolute atomic E-state index is 12.5. The Balaban J connectivity index is 1.58. The van der Waals surface area contributed by atoms with Crippen molar-refractivity contribution in [2.24, 2.45) is 5.41 Å². The van der Waals surface area contributed by atoms with Crippen LogP contribution in [0.15, 0.2) is 30.3 Å². The van der Waals surface area contributed by atoms with Gasteiger partial charge in [0.15, 0.2) is 0 Å². The van der Waals surface area contributed by atoms with Crippen molar-refractivity contribution in [2.75, 3.05) is 40.0 Å². The normalized spacial score (nSPS) is 16.7. The Morgan fingerprint density at radius 3 is 2.67 bits per heavy atom. The summed E-state index contributed by atoms with van der Waals surface area (Å²) in [5.74, 6) is 0.135. The lowest BCUT2D eigenvalue weighted by Gasteiger charge is -2.35. The molecule has 0 aliphatic carbocycles. The van der Waals surface area contributed by atoms with E-state index in [1.807, 2.05) is 18.2 Å². The Hall–Kier alpha value is -1.43. The van der Waals surface area contributed by atoms with Crippen LogP contribution in [0.5, 0.6) is 0 Å². The van der Waals surface area contributed by atoms with Gasteiger partial charge in [-0.3, -0.25) is 4.79 Å². The Kier molecular flexibility index (Phi) is 8.22. The molecule has 0 bridgehead atoms. The van der Waals surface area contributed by atoms with E-state index in [4.69, 9.17) is 9.47 Å². The second kappa shape index (κ2) is 10.4. The molecule has 0 saturated carbocycles. The predicted octanol–water partition coefficient (Wildman–Crippen LogP) is 2.12. The number of unbranched alkanes of at least 4 members (excludes halogenated alkanes) is 1. The van der Waals surface area contributed by atoms with E-state index in [1.165, 1.54) is 5.56 Å². The van der Waals surface area contributed by atoms with Crippen LogP contribution in [0, 0.1) is 5.41 Å². The number of rotatable bonds is 10. The van der Waals surface area contributed by atoms with Crippen molar-refractivity contribution in [1.29, 1.82) is 0 Å². The zero-order valence-electron chi connectivity index (χ0n) is 14.7. The van der Waals surface area contributed by atoms with Crippen molar-refractivity contribution < 1.29 is 14.3 Å². The third-order valence-electron chi connectivity index (χ3n) is 4.58. The van der Waals surface area contributed by atoms with E-state index in [0.29, 0.717) is 19.8 Å². The molecular weight excluding hydrogens is 304 g/mol. The highest BCUT2D eigenvalue weighted by molar-refractivity contribution is 5.82. The molecular formula is C19H30N2O3. The van der Waals surface area contributed by atoms with Crippen LogP contribution in [-0.4, -0.2) is 45.9 Å². The molecule has 1 aromatic rings. The van der Waals surface area contributed by atoms with Gasteiger partial charge in [0.25, 0.3) is 0 Å². The second-order valence-corrected chi connectivity index (χ2v) is 6.46. The van der Waals surface area contributed by atoms with Gasteiger partial charge < -0.3 is 20.1 Å². The van der Waals surface area contributed by atoms with Crippen molar-refractivity contribution >= 4 is 5.91 Å². The Morgan fingerprint density at radius 2 is 1.96 bits per heavy atom. The third kappa shape index (κ3) is 5.89. The highest BCUT2D eigenvalue weighted by atomic mass is 16.5. The number of benzene rings is 1. The highest BCUT2D eigenvalue weighted by Gasteiger charge is 2.39. The van der Waals surface area contributed by atoms with Crippen LogP contribution in [0.2, 0.25) is 0 Å². The Morgan fingerprint density at radius 1 is 1.21 bits per heavy atom. The van der Waals surface area contributed by atoms with Crippen LogP contribution in [0.1, 0.15) is 31.2 Å². The highest BCUT2D eigenvalue weighted by Crippen LogP contribution is 2.29. The zero-order valence-corrected chi connectivity index (χ0v) is 14.7. The molecule has 1 aliphatic rings. The van der Waals surface area contributed by atoms with Crippen LogP contribution in [0.4, 0.5) is 0 Å². The van der Waals surface area contributed by atoms with Crippen LogP contribution in [0.25, 0.3) is 0 Å². The van der Waals surface area contributed by atoms with E-state index in [9.17, 15) is 4.79 Å². The minimum atomic E-state index is -0.357. The lowest BCUT2D eigenvalue weighted by Crippen LogP contribution is -2.50. The fourth-order valence-electron chi connectivity index (χ4n) is 3.10. The average molecular weight is 334 g/mol. The largest absolute Gasteiger partial charge is 0.384 e. The molecule has 2 rings (SSSR count). The van der Waals surface area contributed by atoms with E-state index in [0.717, 1.165) is 45.4 Å². The predicted molar refractivity (Wildman–Crippen MR) is 94.8 cm³/mol. The summed E-state index contributed by atoms with van der Waals surface area (Å²) < 4.78 is 11.0. The summed E-state index contributed by atoms with van der Waals surface area (Å²) in [5.41, 5.74) is 0.835. The number of piperidine rings is 1. The monoisotopic (exact) mass is 334 g/mol. The fraction of sp³-hybridized carbons (Fsp3) is 0.632. The van der Waals surface area contributed by atoms with Crippen molar-refractivity contribution in [3.63, 3.8) is 0 Å². The maximum atomic E-state index is 12.5. The minimum absolute atomic E-state index is 0.135. The molecule has 0 atom stereocenters. The van der Waals surface area contributed by atoms with Gasteiger partial charge in [-0.2, -0.15) is 0 Å². The van der Waals surface area contributed by atoms with E-state index < -0.39 is 0 Å². The third-order valence-corrected chi connectivity index (χ3v) is 4.58. The van der Waals surface area contributed by atoms with E-state index >= 15 is 0 Å². The molecule has 1 aromatic carbocycles. The van der Waals surface area contributed by atoms with Crippen molar-refractivity contribution in [3.8, 4) is 0 Å². The van der Waals surface area contributed by atoms with Gasteiger partial charge in [0.2, 0.25) is 5.91 Å². The number of carbonyl (C=O) groups is 1. The number of hydrogen-bond donors (Lipinski definition) is 2. The number of hydrogen-bond acceptors (Lipinski definition) is 4. The number of methoxy groups -OCH3 is 1. The molecule has 134 valence electrons. The minimum Gasteiger partial charge on any atom is -0.384 e. The average Bonchev–Trinajstić information content (AvgIpc) is 2.62. The van der Waals surface area contributed by atoms with Crippen molar-refractivity contribution in [2.45, 2.75) is 32.3 Å². The van der Waals surface area contributed by atoms with Gasteiger partial charge in [-0.15, -0.1) is 0 Å². The summed E-state index contributed by atoms with van der Waals surface area (Å²) in [6.07, 6.45) is 3.56. The van der Waals surface area contributed by atoms with Crippen molar-refractivity contribution in [1.82, 2.24) is 10.6 Å². The molecule has 0 spiro atoms. The second-order valence-electron chi connectivity index (χ2n) is 6.46. The molecule has 0 radical (unpaired) electrons. The van der Waals surface area contributed by atoms with Gasteiger partial charge in [0, 0.05) is 20.3 Å². The lowest BCUT2D eigenvalue weighted by molar-refractivity contribution is -0.136. The van der Waals surface area contributed by atoms with Gasteiger partial charge in [-0.05, 0) is 44.3 Å². The standard InChI is InChI=1S/C19H30N2O3/c1-23-16-19(9-12-20-13-10-19)18(22)21-11-5-6-14-24-15-17-7-3-2-4-8-17/h2-4,7-8,20H,5-6,9-16H2,1H3,(H,21,22). The van der Waals surface area contributed by atoms with Gasteiger partial charge in [-0.1, -0.05) is 30.3 Å². The van der Waals surface area contributed by atoms with Crippen LogP contribution < -0.4 is 10.6 Å². The summed E-state index contributed by atoms with van der Waals surface area (Å²) in [5, 5.41) is 6.39. The molecule has 0 aromatic heterocycles. The van der Waals surface area contributed by atoms with Crippen LogP contribution >= 0.6 is 0 Å². The van der Waals surface area contributed by atoms with Crippen LogP contribution in [-0.2, 0) is 20.9 Å². The summed E-state index contributed by atoms with van der Waals surface area (Å²) in [6, 6.07) is 10.2. The topological polar surface area (TPSA) is 59.6 Å². The first-order chi connectivity index (χ1) is 11.8. The molecule has 5 heteroatoms. The fourth-order valence-corrected chi connectivity index (χ4v) is 3.10. The number of amides is 1. The Labute approximate surface area is 145 Å². The van der Waals surface area contributed by atoms with E-state index in [1.54, 1.807) is 7.11 Å². The number of ether oxygens (including phenoxy) is 2. The summed E-state index contributed by atoms with van der Waals surface area (Å²) in [6.45, 7) is 4.33. The molecule has 1 amide bonds. The van der Waals surface area contributed by atoms with E-state index in [2.05, 4.69) is 22.8 Å². The maximum Gasteiger partial charge on any atom is 0.228 e. The summed E-state index contributed by atoms with van der Waals surface area (Å²) in [7, 11) is 1.67. The number of nitrogens with one attached hydrogen (secondary N) is 2. The van der Waals surface area contributed by atoms with E-state index in [-0.39, 0.29) is 11.3 Å². The smallest absolute Gasteiger partial charge is 0.228 e. The van der Waals surface area contributed by atoms with Crippen molar-refractivity contribution in [3.05, 3.63) is 35.9 Å². The first-order valence-electron chi connectivity index (χ1n) is 8.86. The van der Waals surface area contributed by atoms with Gasteiger partial charge in [-0.25, -0.2) is 0 Å². The van der Waals surface area contributed by atoms with Gasteiger partial charge >= 0.3 is 0 Å². The molecule has 2 N–H and O–H groups in total. The summed E-state index contributed by atoms with van der Waals surface area (Å²) in [4.78, 5) is 12.5. The summed E-state index contributed by atoms with van der Waals surface area (Å²) >= 11 is 0. The Bertz CT molecular complexity index is 467. The first-order valence-corrected chi connectivity index (χ1v) is 8.86. The molecule has 0 unspecified atom stereocenters. The molecule has 1 fully saturated rings. The van der Waals surface area contributed by atoms with Gasteiger partial charge in [0.1, 0.15) is 0 Å². The quantitative estimate of drug-likeness (QED) is 0.644. The van der Waals surface area contributed by atoms with Gasteiger partial charge in [0.05, 0.1) is 18.6 Å². The van der Waals surface area contributed by atoms with Crippen LogP contribution in [0.3, 0.4) is 0 Å². The molecule has 1 aliphatic heterocycles. The molecule has 5 nitrogen and oxygen atoms in total.